The zero-order valence-electron chi connectivity index (χ0n) is 17.9. The summed E-state index contributed by atoms with van der Waals surface area (Å²) in [5.74, 6) is 1.27. The molecular weight excluding hydrogens is 388 g/mol. The second kappa shape index (κ2) is 8.55. The average molecular weight is 415 g/mol. The predicted octanol–water partition coefficient (Wildman–Crippen LogP) is 4.54. The monoisotopic (exact) mass is 414 g/mol. The number of anilines is 2. The molecule has 0 atom stereocenters. The molecule has 4 heterocycles. The van der Waals surface area contributed by atoms with E-state index in [1.54, 1.807) is 12.4 Å². The van der Waals surface area contributed by atoms with Crippen molar-refractivity contribution in [3.8, 4) is 0 Å². The summed E-state index contributed by atoms with van der Waals surface area (Å²) in [5.41, 5.74) is 3.63. The first-order valence-corrected chi connectivity index (χ1v) is 10.3. The number of rotatable bonds is 6. The Morgan fingerprint density at radius 2 is 1.81 bits per heavy atom. The predicted molar refractivity (Wildman–Crippen MR) is 123 cm³/mol. The summed E-state index contributed by atoms with van der Waals surface area (Å²) >= 11 is 0. The summed E-state index contributed by atoms with van der Waals surface area (Å²) in [7, 11) is 0. The first kappa shape index (κ1) is 20.5. The summed E-state index contributed by atoms with van der Waals surface area (Å²) in [5, 5.41) is 7.36. The minimum atomic E-state index is -0.486. The van der Waals surface area contributed by atoms with Gasteiger partial charge in [-0.05, 0) is 35.4 Å². The Morgan fingerprint density at radius 3 is 2.58 bits per heavy atom. The maximum Gasteiger partial charge on any atom is 0.230 e. The Balaban J connectivity index is 1.41. The molecule has 0 spiro atoms. The fourth-order valence-electron chi connectivity index (χ4n) is 3.19. The number of carbonyl (C=O) groups is 1. The molecule has 31 heavy (non-hydrogen) atoms. The van der Waals surface area contributed by atoms with Crippen molar-refractivity contribution in [3.05, 3.63) is 77.9 Å². The lowest BCUT2D eigenvalue weighted by Gasteiger charge is -2.18. The molecule has 0 aromatic carbocycles. The first-order valence-electron chi connectivity index (χ1n) is 10.3. The van der Waals surface area contributed by atoms with E-state index in [1.807, 2.05) is 57.4 Å². The van der Waals surface area contributed by atoms with Gasteiger partial charge in [0.2, 0.25) is 5.91 Å². The highest BCUT2D eigenvalue weighted by atomic mass is 16.2. The molecular formula is C24H26N6O. The molecule has 0 unspecified atom stereocenters. The van der Waals surface area contributed by atoms with Crippen LogP contribution in [0.15, 0.2) is 61.2 Å². The second-order valence-electron chi connectivity index (χ2n) is 8.51. The number of hydrogen-bond acceptors (Lipinski definition) is 5. The van der Waals surface area contributed by atoms with Gasteiger partial charge in [-0.15, -0.1) is 0 Å². The van der Waals surface area contributed by atoms with Gasteiger partial charge in [-0.3, -0.25) is 4.79 Å². The number of nitrogens with zero attached hydrogens (tertiary/aromatic N) is 3. The highest BCUT2D eigenvalue weighted by molar-refractivity contribution is 5.94. The molecule has 0 saturated heterocycles. The SMILES string of the molecule is CC(C)(C)C(=O)Nc1ncccc1CNc1ccc(Cc2c[nH]c3ncccc23)cn1. The lowest BCUT2D eigenvalue weighted by molar-refractivity contribution is -0.123. The summed E-state index contributed by atoms with van der Waals surface area (Å²) < 4.78 is 0. The van der Waals surface area contributed by atoms with Crippen molar-refractivity contribution in [2.75, 3.05) is 10.6 Å². The van der Waals surface area contributed by atoms with Crippen LogP contribution in [0.4, 0.5) is 11.6 Å². The normalized spacial score (nSPS) is 11.5. The molecule has 0 aliphatic rings. The van der Waals surface area contributed by atoms with E-state index in [-0.39, 0.29) is 5.91 Å². The zero-order chi connectivity index (χ0) is 21.8. The van der Waals surface area contributed by atoms with Crippen LogP contribution in [0.25, 0.3) is 11.0 Å². The van der Waals surface area contributed by atoms with Crippen LogP contribution in [0, 0.1) is 5.41 Å². The van der Waals surface area contributed by atoms with E-state index in [0.29, 0.717) is 12.4 Å². The fraction of sp³-hybridized carbons (Fsp3) is 0.250. The van der Waals surface area contributed by atoms with Gasteiger partial charge in [0, 0.05) is 54.1 Å². The van der Waals surface area contributed by atoms with Crippen molar-refractivity contribution < 1.29 is 4.79 Å². The van der Waals surface area contributed by atoms with Crippen LogP contribution < -0.4 is 10.6 Å². The van der Waals surface area contributed by atoms with Crippen LogP contribution in [0.2, 0.25) is 0 Å². The number of aromatic nitrogens is 4. The number of nitrogens with one attached hydrogen (secondary N) is 3. The minimum Gasteiger partial charge on any atom is -0.366 e. The van der Waals surface area contributed by atoms with Crippen LogP contribution in [-0.4, -0.2) is 25.8 Å². The lowest BCUT2D eigenvalue weighted by atomic mass is 9.95. The highest BCUT2D eigenvalue weighted by Crippen LogP contribution is 2.21. The number of H-pyrrole nitrogens is 1. The third-order valence-electron chi connectivity index (χ3n) is 5.02. The summed E-state index contributed by atoms with van der Waals surface area (Å²) in [4.78, 5) is 28.7. The van der Waals surface area contributed by atoms with Crippen molar-refractivity contribution in [3.63, 3.8) is 0 Å². The van der Waals surface area contributed by atoms with Gasteiger partial charge in [-0.25, -0.2) is 15.0 Å². The molecule has 4 aromatic heterocycles. The first-order chi connectivity index (χ1) is 14.9. The molecule has 7 heteroatoms. The van der Waals surface area contributed by atoms with Gasteiger partial charge in [0.05, 0.1) is 0 Å². The van der Waals surface area contributed by atoms with Gasteiger partial charge < -0.3 is 15.6 Å². The molecule has 3 N–H and O–H groups in total. The van der Waals surface area contributed by atoms with Gasteiger partial charge in [0.25, 0.3) is 0 Å². The topological polar surface area (TPSA) is 95.6 Å². The van der Waals surface area contributed by atoms with Gasteiger partial charge in [0.15, 0.2) is 0 Å². The van der Waals surface area contributed by atoms with Crippen molar-refractivity contribution in [2.24, 2.45) is 5.41 Å². The van der Waals surface area contributed by atoms with Gasteiger partial charge >= 0.3 is 0 Å². The largest absolute Gasteiger partial charge is 0.366 e. The molecule has 7 nitrogen and oxygen atoms in total. The molecule has 158 valence electrons. The molecule has 0 radical (unpaired) electrons. The number of aromatic amines is 1. The Bertz CT molecular complexity index is 1190. The molecule has 1 amide bonds. The van der Waals surface area contributed by atoms with Crippen molar-refractivity contribution in [1.82, 2.24) is 19.9 Å². The second-order valence-corrected chi connectivity index (χ2v) is 8.51. The average Bonchev–Trinajstić information content (AvgIpc) is 3.16. The van der Waals surface area contributed by atoms with Crippen LogP contribution in [0.3, 0.4) is 0 Å². The Hall–Kier alpha value is -3.74. The van der Waals surface area contributed by atoms with E-state index in [1.165, 1.54) is 5.56 Å². The number of fused-ring (bicyclic) bond motifs is 1. The Kier molecular flexibility index (Phi) is 5.66. The molecule has 4 aromatic rings. The molecule has 4 rings (SSSR count). The van der Waals surface area contributed by atoms with E-state index in [2.05, 4.69) is 42.7 Å². The fourth-order valence-corrected chi connectivity index (χ4v) is 3.19. The van der Waals surface area contributed by atoms with Gasteiger partial charge in [0.1, 0.15) is 17.3 Å². The standard InChI is InChI=1S/C24H26N6O/c1-24(2,3)23(31)30-21-17(6-4-10-25-21)14-28-20-9-8-16(13-27-20)12-18-15-29-22-19(18)7-5-11-26-22/h4-11,13,15H,12,14H2,1-3H3,(H,26,29)(H,27,28)(H,25,30,31). The van der Waals surface area contributed by atoms with E-state index in [4.69, 9.17) is 0 Å². The smallest absolute Gasteiger partial charge is 0.230 e. The quantitative estimate of drug-likeness (QED) is 0.430. The minimum absolute atomic E-state index is 0.0672. The van der Waals surface area contributed by atoms with Crippen LogP contribution in [0.1, 0.15) is 37.5 Å². The number of pyridine rings is 3. The third-order valence-corrected chi connectivity index (χ3v) is 5.02. The Morgan fingerprint density at radius 1 is 1.00 bits per heavy atom. The zero-order valence-corrected chi connectivity index (χ0v) is 17.9. The van der Waals surface area contributed by atoms with E-state index in [9.17, 15) is 4.79 Å². The Labute approximate surface area is 181 Å². The van der Waals surface area contributed by atoms with Crippen LogP contribution in [0.5, 0.6) is 0 Å². The molecule has 0 aliphatic heterocycles. The summed E-state index contributed by atoms with van der Waals surface area (Å²) in [6, 6.07) is 11.8. The van der Waals surface area contributed by atoms with Crippen molar-refractivity contribution >= 4 is 28.6 Å². The maximum absolute atomic E-state index is 12.3. The molecule has 0 bridgehead atoms. The lowest BCUT2D eigenvalue weighted by Crippen LogP contribution is -2.28. The molecule has 0 aliphatic carbocycles. The number of amides is 1. The van der Waals surface area contributed by atoms with Crippen molar-refractivity contribution in [2.45, 2.75) is 33.7 Å². The maximum atomic E-state index is 12.3. The number of carbonyl (C=O) groups excluding carboxylic acids is 1. The summed E-state index contributed by atoms with van der Waals surface area (Å²) in [6.07, 6.45) is 8.12. The molecule has 0 saturated carbocycles. The van der Waals surface area contributed by atoms with E-state index >= 15 is 0 Å². The van der Waals surface area contributed by atoms with Gasteiger partial charge in [-0.1, -0.05) is 32.9 Å². The van der Waals surface area contributed by atoms with E-state index in [0.717, 1.165) is 34.4 Å². The molecule has 0 fully saturated rings. The highest BCUT2D eigenvalue weighted by Gasteiger charge is 2.22. The van der Waals surface area contributed by atoms with Crippen LogP contribution in [-0.2, 0) is 17.8 Å². The van der Waals surface area contributed by atoms with Gasteiger partial charge in [-0.2, -0.15) is 0 Å². The number of hydrogen-bond donors (Lipinski definition) is 3. The van der Waals surface area contributed by atoms with Crippen LogP contribution >= 0.6 is 0 Å². The summed E-state index contributed by atoms with van der Waals surface area (Å²) in [6.45, 7) is 6.14. The van der Waals surface area contributed by atoms with Crippen molar-refractivity contribution in [1.29, 1.82) is 0 Å². The third kappa shape index (κ3) is 4.88. The van der Waals surface area contributed by atoms with E-state index < -0.39 is 5.41 Å².